The van der Waals surface area contributed by atoms with Crippen LogP contribution in [0.3, 0.4) is 0 Å². The van der Waals surface area contributed by atoms with Gasteiger partial charge in [-0.1, -0.05) is 15.9 Å². The highest BCUT2D eigenvalue weighted by Gasteiger charge is 2.10. The largest absolute Gasteiger partial charge is 0.472 e. The van der Waals surface area contributed by atoms with Crippen LogP contribution in [0.25, 0.3) is 0 Å². The van der Waals surface area contributed by atoms with Gasteiger partial charge in [0.05, 0.1) is 12.5 Å². The molecule has 1 atom stereocenters. The van der Waals surface area contributed by atoms with E-state index in [1.807, 2.05) is 24.9 Å². The normalized spacial score (nSPS) is 12.6. The molecule has 0 aliphatic rings. The number of hydrogen-bond acceptors (Lipinski definition) is 3. The number of halogens is 1. The third-order valence-corrected chi connectivity index (χ3v) is 4.16. The SMILES string of the molecule is CNC(CSc1ccc(Br)cc1)c1ccoc1. The lowest BCUT2D eigenvalue weighted by Gasteiger charge is -2.13. The maximum atomic E-state index is 5.11. The number of nitrogens with one attached hydrogen (secondary N) is 1. The van der Waals surface area contributed by atoms with Crippen LogP contribution in [0.5, 0.6) is 0 Å². The summed E-state index contributed by atoms with van der Waals surface area (Å²) < 4.78 is 6.22. The zero-order chi connectivity index (χ0) is 12.1. The van der Waals surface area contributed by atoms with E-state index in [9.17, 15) is 0 Å². The highest BCUT2D eigenvalue weighted by molar-refractivity contribution is 9.10. The molecular formula is C13H14BrNOS. The molecule has 0 fully saturated rings. The third-order valence-electron chi connectivity index (χ3n) is 2.52. The molecule has 2 nitrogen and oxygen atoms in total. The fraction of sp³-hybridized carbons (Fsp3) is 0.231. The van der Waals surface area contributed by atoms with E-state index in [2.05, 4.69) is 45.5 Å². The first-order valence-electron chi connectivity index (χ1n) is 5.37. The van der Waals surface area contributed by atoms with Gasteiger partial charge in [-0.2, -0.15) is 0 Å². The van der Waals surface area contributed by atoms with Gasteiger partial charge in [-0.15, -0.1) is 11.8 Å². The summed E-state index contributed by atoms with van der Waals surface area (Å²) in [4.78, 5) is 1.27. The van der Waals surface area contributed by atoms with E-state index in [4.69, 9.17) is 4.42 Å². The number of benzene rings is 1. The Bertz CT molecular complexity index is 441. The summed E-state index contributed by atoms with van der Waals surface area (Å²) >= 11 is 5.27. The molecule has 0 spiro atoms. The van der Waals surface area contributed by atoms with E-state index in [1.165, 1.54) is 10.5 Å². The molecule has 0 aliphatic heterocycles. The number of rotatable bonds is 5. The standard InChI is InChI=1S/C13H14BrNOS/c1-15-13(10-6-7-16-8-10)9-17-12-4-2-11(14)3-5-12/h2-8,13,15H,9H2,1H3. The van der Waals surface area contributed by atoms with E-state index in [1.54, 1.807) is 12.5 Å². The first kappa shape index (κ1) is 12.7. The minimum atomic E-state index is 0.322. The van der Waals surface area contributed by atoms with Gasteiger partial charge in [0.25, 0.3) is 0 Å². The van der Waals surface area contributed by atoms with Crippen LogP contribution in [-0.2, 0) is 0 Å². The topological polar surface area (TPSA) is 25.2 Å². The Morgan fingerprint density at radius 2 is 2.06 bits per heavy atom. The quantitative estimate of drug-likeness (QED) is 0.842. The fourth-order valence-electron chi connectivity index (χ4n) is 1.53. The molecular weight excluding hydrogens is 298 g/mol. The van der Waals surface area contributed by atoms with Crippen molar-refractivity contribution in [1.29, 1.82) is 0 Å². The lowest BCUT2D eigenvalue weighted by molar-refractivity contribution is 0.555. The Morgan fingerprint density at radius 1 is 1.29 bits per heavy atom. The minimum absolute atomic E-state index is 0.322. The van der Waals surface area contributed by atoms with E-state index < -0.39 is 0 Å². The summed E-state index contributed by atoms with van der Waals surface area (Å²) in [5, 5.41) is 3.30. The maximum absolute atomic E-state index is 5.11. The van der Waals surface area contributed by atoms with E-state index in [0.29, 0.717) is 6.04 Å². The second-order valence-corrected chi connectivity index (χ2v) is 5.67. The van der Waals surface area contributed by atoms with Gasteiger partial charge in [-0.05, 0) is 37.4 Å². The van der Waals surface area contributed by atoms with Crippen molar-refractivity contribution in [2.45, 2.75) is 10.9 Å². The number of hydrogen-bond donors (Lipinski definition) is 1. The predicted molar refractivity (Wildman–Crippen MR) is 75.4 cm³/mol. The number of furan rings is 1. The van der Waals surface area contributed by atoms with Gasteiger partial charge in [-0.3, -0.25) is 0 Å². The van der Waals surface area contributed by atoms with Crippen molar-refractivity contribution in [3.8, 4) is 0 Å². The summed E-state index contributed by atoms with van der Waals surface area (Å²) in [6.07, 6.45) is 3.51. The van der Waals surface area contributed by atoms with Gasteiger partial charge < -0.3 is 9.73 Å². The number of thioether (sulfide) groups is 1. The molecule has 90 valence electrons. The van der Waals surface area contributed by atoms with Crippen LogP contribution in [-0.4, -0.2) is 12.8 Å². The molecule has 1 heterocycles. The average molecular weight is 312 g/mol. The molecule has 1 aromatic heterocycles. The van der Waals surface area contributed by atoms with Gasteiger partial charge in [0.15, 0.2) is 0 Å². The van der Waals surface area contributed by atoms with E-state index in [0.717, 1.165) is 10.2 Å². The zero-order valence-electron chi connectivity index (χ0n) is 9.52. The van der Waals surface area contributed by atoms with E-state index >= 15 is 0 Å². The smallest absolute Gasteiger partial charge is 0.0950 e. The van der Waals surface area contributed by atoms with Crippen LogP contribution in [0.4, 0.5) is 0 Å². The Kier molecular flexibility index (Phi) is 4.71. The van der Waals surface area contributed by atoms with Crippen molar-refractivity contribution < 1.29 is 4.42 Å². The van der Waals surface area contributed by atoms with Gasteiger partial charge >= 0.3 is 0 Å². The second kappa shape index (κ2) is 6.28. The maximum Gasteiger partial charge on any atom is 0.0950 e. The molecule has 1 aromatic carbocycles. The molecule has 1 unspecified atom stereocenters. The molecule has 17 heavy (non-hydrogen) atoms. The first-order chi connectivity index (χ1) is 8.29. The van der Waals surface area contributed by atoms with Gasteiger partial charge in [0.1, 0.15) is 0 Å². The Morgan fingerprint density at radius 3 is 2.65 bits per heavy atom. The van der Waals surface area contributed by atoms with Crippen LogP contribution < -0.4 is 5.32 Å². The monoisotopic (exact) mass is 311 g/mol. The van der Waals surface area contributed by atoms with Gasteiger partial charge in [-0.25, -0.2) is 0 Å². The highest BCUT2D eigenvalue weighted by atomic mass is 79.9. The van der Waals surface area contributed by atoms with Crippen LogP contribution in [0.2, 0.25) is 0 Å². The summed E-state index contributed by atoms with van der Waals surface area (Å²) in [6.45, 7) is 0. The van der Waals surface area contributed by atoms with Crippen molar-refractivity contribution in [3.63, 3.8) is 0 Å². The van der Waals surface area contributed by atoms with Crippen molar-refractivity contribution in [2.75, 3.05) is 12.8 Å². The molecule has 0 bridgehead atoms. The molecule has 2 rings (SSSR count). The molecule has 1 N–H and O–H groups in total. The van der Waals surface area contributed by atoms with Crippen LogP contribution >= 0.6 is 27.7 Å². The van der Waals surface area contributed by atoms with Crippen molar-refractivity contribution in [1.82, 2.24) is 5.32 Å². The summed E-state index contributed by atoms with van der Waals surface area (Å²) in [7, 11) is 1.97. The van der Waals surface area contributed by atoms with Crippen molar-refractivity contribution >= 4 is 27.7 Å². The van der Waals surface area contributed by atoms with Crippen LogP contribution in [0.15, 0.2) is 56.6 Å². The van der Waals surface area contributed by atoms with Crippen LogP contribution in [0, 0.1) is 0 Å². The fourth-order valence-corrected chi connectivity index (χ4v) is 2.84. The van der Waals surface area contributed by atoms with Crippen molar-refractivity contribution in [3.05, 3.63) is 52.9 Å². The molecule has 0 amide bonds. The Balaban J connectivity index is 1.94. The summed E-state index contributed by atoms with van der Waals surface area (Å²) in [5.41, 5.74) is 1.19. The lowest BCUT2D eigenvalue weighted by atomic mass is 10.2. The van der Waals surface area contributed by atoms with Crippen molar-refractivity contribution in [2.24, 2.45) is 0 Å². The predicted octanol–water partition coefficient (Wildman–Crippen LogP) is 4.09. The minimum Gasteiger partial charge on any atom is -0.472 e. The first-order valence-corrected chi connectivity index (χ1v) is 7.15. The molecule has 2 aromatic rings. The Hall–Kier alpha value is -0.710. The molecule has 4 heteroatoms. The highest BCUT2D eigenvalue weighted by Crippen LogP contribution is 2.25. The summed E-state index contributed by atoms with van der Waals surface area (Å²) in [6, 6.07) is 10.7. The average Bonchev–Trinajstić information content (AvgIpc) is 2.86. The van der Waals surface area contributed by atoms with Gasteiger partial charge in [0, 0.05) is 26.7 Å². The zero-order valence-corrected chi connectivity index (χ0v) is 11.9. The molecule has 0 saturated carbocycles. The van der Waals surface area contributed by atoms with Gasteiger partial charge in [0.2, 0.25) is 0 Å². The van der Waals surface area contributed by atoms with Crippen LogP contribution in [0.1, 0.15) is 11.6 Å². The molecule has 0 saturated heterocycles. The van der Waals surface area contributed by atoms with E-state index in [-0.39, 0.29) is 0 Å². The summed E-state index contributed by atoms with van der Waals surface area (Å²) in [5.74, 6) is 0.984. The molecule has 0 radical (unpaired) electrons. The lowest BCUT2D eigenvalue weighted by Crippen LogP contribution is -2.17. The third kappa shape index (κ3) is 3.63. The Labute approximate surface area is 114 Å². The second-order valence-electron chi connectivity index (χ2n) is 3.66. The molecule has 0 aliphatic carbocycles.